The van der Waals surface area contributed by atoms with Gasteiger partial charge in [0.2, 0.25) is 5.91 Å². The fourth-order valence-electron chi connectivity index (χ4n) is 4.83. The van der Waals surface area contributed by atoms with Crippen LogP contribution < -0.4 is 15.0 Å². The minimum absolute atomic E-state index is 0.0124. The fourth-order valence-corrected chi connectivity index (χ4v) is 4.83. The molecule has 7 nitrogen and oxygen atoms in total. The molecule has 0 atom stereocenters. The van der Waals surface area contributed by atoms with Gasteiger partial charge < -0.3 is 19.7 Å². The van der Waals surface area contributed by atoms with Crippen LogP contribution in [0.2, 0.25) is 0 Å². The van der Waals surface area contributed by atoms with E-state index in [1.807, 2.05) is 35.2 Å². The number of hydrogen-bond donors (Lipinski definition) is 1. The van der Waals surface area contributed by atoms with Crippen LogP contribution in [-0.2, 0) is 16.1 Å². The molecule has 0 saturated heterocycles. The highest BCUT2D eigenvalue weighted by Gasteiger charge is 2.33. The van der Waals surface area contributed by atoms with Crippen LogP contribution in [0.15, 0.2) is 55.0 Å². The third-order valence-corrected chi connectivity index (χ3v) is 6.70. The third kappa shape index (κ3) is 4.16. The summed E-state index contributed by atoms with van der Waals surface area (Å²) in [5.74, 6) is 1.62. The van der Waals surface area contributed by atoms with E-state index in [1.165, 1.54) is 0 Å². The van der Waals surface area contributed by atoms with E-state index in [9.17, 15) is 4.79 Å². The Balaban J connectivity index is 1.56. The van der Waals surface area contributed by atoms with E-state index in [1.54, 1.807) is 32.8 Å². The van der Waals surface area contributed by atoms with E-state index in [0.29, 0.717) is 12.3 Å². The van der Waals surface area contributed by atoms with Crippen molar-refractivity contribution in [2.24, 2.45) is 5.92 Å². The lowest BCUT2D eigenvalue weighted by Gasteiger charge is -2.32. The largest absolute Gasteiger partial charge is 0.494 e. The highest BCUT2D eigenvalue weighted by Crippen LogP contribution is 2.41. The van der Waals surface area contributed by atoms with Crippen LogP contribution in [0.3, 0.4) is 0 Å². The van der Waals surface area contributed by atoms with Crippen LogP contribution in [0.1, 0.15) is 31.2 Å². The molecule has 170 valence electrons. The molecule has 1 N–H and O–H groups in total. The predicted octanol–water partition coefficient (Wildman–Crippen LogP) is 4.95. The molecule has 1 aliphatic carbocycles. The molecule has 0 spiro atoms. The molecular weight excluding hydrogens is 416 g/mol. The second kappa shape index (κ2) is 9.19. The van der Waals surface area contributed by atoms with Gasteiger partial charge in [0.1, 0.15) is 11.6 Å². The van der Waals surface area contributed by atoms with E-state index < -0.39 is 0 Å². The number of amides is 1. The first-order valence-electron chi connectivity index (χ1n) is 11.4. The number of benzene rings is 1. The molecule has 0 radical (unpaired) electrons. The molecule has 0 unspecified atom stereocenters. The molecule has 1 fully saturated rings. The van der Waals surface area contributed by atoms with Crippen LogP contribution in [-0.4, -0.2) is 36.2 Å². The summed E-state index contributed by atoms with van der Waals surface area (Å²) in [6, 6.07) is 12.0. The van der Waals surface area contributed by atoms with Gasteiger partial charge in [-0.25, -0.2) is 4.98 Å². The van der Waals surface area contributed by atoms with Crippen molar-refractivity contribution in [3.63, 3.8) is 0 Å². The van der Waals surface area contributed by atoms with Crippen LogP contribution in [0.25, 0.3) is 11.1 Å². The normalized spacial score (nSPS) is 19.6. The van der Waals surface area contributed by atoms with Gasteiger partial charge in [0.25, 0.3) is 0 Å². The number of hydrogen-bond acceptors (Lipinski definition) is 6. The molecule has 0 bridgehead atoms. The minimum Gasteiger partial charge on any atom is -0.494 e. The maximum absolute atomic E-state index is 13.8. The lowest BCUT2D eigenvalue weighted by Crippen LogP contribution is -2.38. The van der Waals surface area contributed by atoms with E-state index in [0.717, 1.165) is 59.6 Å². The highest BCUT2D eigenvalue weighted by atomic mass is 16.5. The lowest BCUT2D eigenvalue weighted by atomic mass is 9.86. The van der Waals surface area contributed by atoms with Crippen molar-refractivity contribution < 1.29 is 14.3 Å². The third-order valence-electron chi connectivity index (χ3n) is 6.70. The molecule has 2 aliphatic rings. The van der Waals surface area contributed by atoms with Gasteiger partial charge in [-0.05, 0) is 55.5 Å². The zero-order valence-corrected chi connectivity index (χ0v) is 19.0. The summed E-state index contributed by atoms with van der Waals surface area (Å²) in [6.45, 7) is 0.475. The molecule has 5 rings (SSSR count). The molecule has 1 aliphatic heterocycles. The zero-order chi connectivity index (χ0) is 22.8. The number of nitrogens with one attached hydrogen (secondary N) is 1. The summed E-state index contributed by atoms with van der Waals surface area (Å²) < 4.78 is 11.0. The molecule has 1 saturated carbocycles. The summed E-state index contributed by atoms with van der Waals surface area (Å²) in [5.41, 5.74) is 4.61. The second-order valence-electron chi connectivity index (χ2n) is 8.58. The first-order chi connectivity index (χ1) is 16.2. The Morgan fingerprint density at radius 2 is 1.94 bits per heavy atom. The smallest absolute Gasteiger partial charge is 0.230 e. The van der Waals surface area contributed by atoms with Gasteiger partial charge in [0, 0.05) is 36.5 Å². The van der Waals surface area contributed by atoms with Crippen LogP contribution in [0.4, 0.5) is 17.2 Å². The van der Waals surface area contributed by atoms with Crippen LogP contribution in [0.5, 0.6) is 5.75 Å². The quantitative estimate of drug-likeness (QED) is 0.614. The molecular formula is C26H28N4O3. The van der Waals surface area contributed by atoms with Gasteiger partial charge in [-0.1, -0.05) is 12.1 Å². The van der Waals surface area contributed by atoms with Crippen molar-refractivity contribution in [1.82, 2.24) is 9.97 Å². The maximum Gasteiger partial charge on any atom is 0.230 e. The number of rotatable bonds is 4. The monoisotopic (exact) mass is 444 g/mol. The Bertz CT molecular complexity index is 1160. The van der Waals surface area contributed by atoms with Crippen molar-refractivity contribution in [1.29, 1.82) is 0 Å². The Kier molecular flexibility index (Phi) is 5.96. The lowest BCUT2D eigenvalue weighted by molar-refractivity contribution is -0.124. The Morgan fingerprint density at radius 3 is 2.73 bits per heavy atom. The first kappa shape index (κ1) is 21.4. The number of nitrogens with zero attached hydrogens (tertiary/aromatic N) is 3. The number of carbonyl (C=O) groups excluding carboxylic acids is 1. The number of methoxy groups -OCH3 is 2. The SMILES string of the molecule is COc1cnccc1-c1ccc2c(c1)N(C(=O)[C@H]1CC[C@H](OC)CC1)Cc1cccnc1N2. The summed E-state index contributed by atoms with van der Waals surface area (Å²) in [7, 11) is 3.39. The van der Waals surface area contributed by atoms with Gasteiger partial charge in [0.05, 0.1) is 37.3 Å². The molecule has 2 aromatic heterocycles. The number of pyridine rings is 2. The van der Waals surface area contributed by atoms with Gasteiger partial charge in [0.15, 0.2) is 0 Å². The summed E-state index contributed by atoms with van der Waals surface area (Å²) in [4.78, 5) is 24.5. The van der Waals surface area contributed by atoms with E-state index in [2.05, 4.69) is 21.4 Å². The molecule has 3 aromatic rings. The van der Waals surface area contributed by atoms with Crippen molar-refractivity contribution in [2.45, 2.75) is 38.3 Å². The Morgan fingerprint density at radius 1 is 1.09 bits per heavy atom. The standard InChI is InChI=1S/C26H28N4O3/c1-32-20-8-5-17(6-9-20)26(31)30-16-19-4-3-12-28-25(19)29-22-10-7-18(14-23(22)30)21-11-13-27-15-24(21)33-2/h3-4,7,10-15,17,20H,5-6,8-9,16H2,1-2H3,(H,28,29)/t17-,20-. The highest BCUT2D eigenvalue weighted by molar-refractivity contribution is 6.00. The van der Waals surface area contributed by atoms with Gasteiger partial charge in [-0.3, -0.25) is 9.78 Å². The van der Waals surface area contributed by atoms with E-state index in [4.69, 9.17) is 9.47 Å². The molecule has 7 heteroatoms. The molecule has 33 heavy (non-hydrogen) atoms. The van der Waals surface area contributed by atoms with Crippen LogP contribution in [0, 0.1) is 5.92 Å². The topological polar surface area (TPSA) is 76.6 Å². The summed E-state index contributed by atoms with van der Waals surface area (Å²) in [6.07, 6.45) is 8.99. The number of aromatic nitrogens is 2. The predicted molar refractivity (Wildman–Crippen MR) is 128 cm³/mol. The van der Waals surface area contributed by atoms with Crippen molar-refractivity contribution >= 4 is 23.1 Å². The average molecular weight is 445 g/mol. The molecule has 1 aromatic carbocycles. The molecule has 3 heterocycles. The number of fused-ring (bicyclic) bond motifs is 2. The van der Waals surface area contributed by atoms with Crippen LogP contribution >= 0.6 is 0 Å². The number of carbonyl (C=O) groups is 1. The van der Waals surface area contributed by atoms with E-state index >= 15 is 0 Å². The van der Waals surface area contributed by atoms with Crippen molar-refractivity contribution in [3.05, 3.63) is 60.6 Å². The summed E-state index contributed by atoms with van der Waals surface area (Å²) in [5, 5.41) is 3.45. The zero-order valence-electron chi connectivity index (χ0n) is 19.0. The molecule has 1 amide bonds. The maximum atomic E-state index is 13.8. The second-order valence-corrected chi connectivity index (χ2v) is 8.58. The van der Waals surface area contributed by atoms with Gasteiger partial charge >= 0.3 is 0 Å². The number of ether oxygens (including phenoxy) is 2. The van der Waals surface area contributed by atoms with Crippen molar-refractivity contribution in [3.8, 4) is 16.9 Å². The van der Waals surface area contributed by atoms with Gasteiger partial charge in [-0.15, -0.1) is 0 Å². The Labute approximate surface area is 193 Å². The fraction of sp³-hybridized carbons (Fsp3) is 0.346. The Hall–Kier alpha value is -3.45. The summed E-state index contributed by atoms with van der Waals surface area (Å²) >= 11 is 0. The minimum atomic E-state index is -0.0124. The van der Waals surface area contributed by atoms with E-state index in [-0.39, 0.29) is 17.9 Å². The van der Waals surface area contributed by atoms with Gasteiger partial charge in [-0.2, -0.15) is 0 Å². The number of anilines is 3. The first-order valence-corrected chi connectivity index (χ1v) is 11.4. The van der Waals surface area contributed by atoms with Crippen molar-refractivity contribution in [2.75, 3.05) is 24.4 Å². The average Bonchev–Trinajstić information content (AvgIpc) is 3.04.